The van der Waals surface area contributed by atoms with Gasteiger partial charge in [-0.3, -0.25) is 4.99 Å². The number of hydrogen-bond acceptors (Lipinski definition) is 1. The largest absolute Gasteiger partial charge is 0.361 e. The molecule has 0 saturated carbocycles. The van der Waals surface area contributed by atoms with Crippen LogP contribution in [0, 0.1) is 0 Å². The van der Waals surface area contributed by atoms with E-state index in [1.54, 1.807) is 0 Å². The van der Waals surface area contributed by atoms with E-state index in [1.165, 1.54) is 25.2 Å². The molecule has 0 amide bonds. The molecule has 1 aliphatic heterocycles. The van der Waals surface area contributed by atoms with Gasteiger partial charge in [-0.2, -0.15) is 0 Å². The molecule has 11 heavy (non-hydrogen) atoms. The lowest BCUT2D eigenvalue weighted by atomic mass is 10.3. The SMILES string of the molecule is CCN1CCC/C1=N/C(C)C. The fraction of sp³-hybridized carbons (Fsp3) is 0.889. The molecule has 0 radical (unpaired) electrons. The third-order valence-corrected chi connectivity index (χ3v) is 1.98. The van der Waals surface area contributed by atoms with Gasteiger partial charge in [0.2, 0.25) is 0 Å². The Balaban J connectivity index is 2.55. The number of nitrogens with zero attached hydrogens (tertiary/aromatic N) is 2. The first kappa shape index (κ1) is 8.57. The molecule has 0 aromatic rings. The molecular formula is C9H18N2. The molecule has 2 nitrogen and oxygen atoms in total. The van der Waals surface area contributed by atoms with Crippen molar-refractivity contribution < 1.29 is 0 Å². The molecule has 1 aliphatic rings. The van der Waals surface area contributed by atoms with E-state index in [-0.39, 0.29) is 0 Å². The molecule has 0 atom stereocenters. The monoisotopic (exact) mass is 154 g/mol. The van der Waals surface area contributed by atoms with E-state index in [9.17, 15) is 0 Å². The van der Waals surface area contributed by atoms with Gasteiger partial charge in [-0.1, -0.05) is 0 Å². The molecule has 1 fully saturated rings. The summed E-state index contributed by atoms with van der Waals surface area (Å²) < 4.78 is 0. The van der Waals surface area contributed by atoms with Crippen molar-refractivity contribution in [3.05, 3.63) is 0 Å². The Morgan fingerprint density at radius 1 is 1.55 bits per heavy atom. The molecule has 0 aromatic carbocycles. The molecule has 1 rings (SSSR count). The van der Waals surface area contributed by atoms with Crippen molar-refractivity contribution in [2.45, 2.75) is 39.7 Å². The maximum atomic E-state index is 4.57. The standard InChI is InChI=1S/C9H18N2/c1-4-11-7-5-6-9(11)10-8(2)3/h8H,4-7H2,1-3H3/b10-9-. The molecule has 0 unspecified atom stereocenters. The molecule has 0 aliphatic carbocycles. The number of aliphatic imine (C=N–C) groups is 1. The molecule has 0 N–H and O–H groups in total. The first-order valence-corrected chi connectivity index (χ1v) is 4.55. The summed E-state index contributed by atoms with van der Waals surface area (Å²) in [6.07, 6.45) is 2.48. The average molecular weight is 154 g/mol. The third-order valence-electron chi connectivity index (χ3n) is 1.98. The first-order chi connectivity index (χ1) is 5.24. The fourth-order valence-corrected chi connectivity index (χ4v) is 1.50. The van der Waals surface area contributed by atoms with Gasteiger partial charge in [-0.05, 0) is 27.2 Å². The van der Waals surface area contributed by atoms with E-state index in [1.807, 2.05) is 0 Å². The van der Waals surface area contributed by atoms with Crippen LogP contribution in [0.1, 0.15) is 33.6 Å². The topological polar surface area (TPSA) is 15.6 Å². The van der Waals surface area contributed by atoms with Gasteiger partial charge >= 0.3 is 0 Å². The lowest BCUT2D eigenvalue weighted by Gasteiger charge is -2.16. The third kappa shape index (κ3) is 2.21. The Bertz CT molecular complexity index is 150. The van der Waals surface area contributed by atoms with E-state index >= 15 is 0 Å². The van der Waals surface area contributed by atoms with Crippen LogP contribution in [0.4, 0.5) is 0 Å². The van der Waals surface area contributed by atoms with Crippen molar-refractivity contribution in [3.63, 3.8) is 0 Å². The van der Waals surface area contributed by atoms with Crippen LogP contribution in [-0.4, -0.2) is 29.9 Å². The number of hydrogen-bond donors (Lipinski definition) is 0. The van der Waals surface area contributed by atoms with Crippen LogP contribution >= 0.6 is 0 Å². The van der Waals surface area contributed by atoms with Crippen molar-refractivity contribution in [2.24, 2.45) is 4.99 Å². The van der Waals surface area contributed by atoms with Crippen molar-refractivity contribution in [2.75, 3.05) is 13.1 Å². The Morgan fingerprint density at radius 3 is 2.82 bits per heavy atom. The lowest BCUT2D eigenvalue weighted by molar-refractivity contribution is 0.475. The van der Waals surface area contributed by atoms with E-state index in [2.05, 4.69) is 30.7 Å². The molecule has 64 valence electrons. The van der Waals surface area contributed by atoms with Gasteiger partial charge in [0, 0.05) is 25.6 Å². The Kier molecular flexibility index (Phi) is 2.92. The second kappa shape index (κ2) is 3.74. The highest BCUT2D eigenvalue weighted by atomic mass is 15.2. The zero-order valence-electron chi connectivity index (χ0n) is 7.80. The van der Waals surface area contributed by atoms with Crippen LogP contribution in [0.5, 0.6) is 0 Å². The number of rotatable bonds is 2. The fourth-order valence-electron chi connectivity index (χ4n) is 1.50. The van der Waals surface area contributed by atoms with Gasteiger partial charge in [-0.25, -0.2) is 0 Å². The van der Waals surface area contributed by atoms with E-state index < -0.39 is 0 Å². The van der Waals surface area contributed by atoms with Crippen LogP contribution in [0.15, 0.2) is 4.99 Å². The second-order valence-electron chi connectivity index (χ2n) is 3.32. The van der Waals surface area contributed by atoms with Gasteiger partial charge in [0.05, 0.1) is 5.84 Å². The predicted molar refractivity (Wildman–Crippen MR) is 49.1 cm³/mol. The normalized spacial score (nSPS) is 22.2. The van der Waals surface area contributed by atoms with Crippen LogP contribution in [0.3, 0.4) is 0 Å². The summed E-state index contributed by atoms with van der Waals surface area (Å²) in [6.45, 7) is 8.80. The van der Waals surface area contributed by atoms with Crippen LogP contribution in [0.2, 0.25) is 0 Å². The molecule has 1 heterocycles. The predicted octanol–water partition coefficient (Wildman–Crippen LogP) is 1.91. The van der Waals surface area contributed by atoms with Crippen molar-refractivity contribution in [1.29, 1.82) is 0 Å². The molecule has 0 aromatic heterocycles. The highest BCUT2D eigenvalue weighted by Gasteiger charge is 2.16. The summed E-state index contributed by atoms with van der Waals surface area (Å²) in [5, 5.41) is 0. The van der Waals surface area contributed by atoms with Crippen LogP contribution < -0.4 is 0 Å². The van der Waals surface area contributed by atoms with E-state index in [4.69, 9.17) is 0 Å². The molecule has 2 heteroatoms. The quantitative estimate of drug-likeness (QED) is 0.593. The molecule has 1 saturated heterocycles. The molecule has 0 bridgehead atoms. The van der Waals surface area contributed by atoms with Crippen molar-refractivity contribution >= 4 is 5.84 Å². The highest BCUT2D eigenvalue weighted by molar-refractivity contribution is 5.84. The molecule has 0 spiro atoms. The average Bonchev–Trinajstić information content (AvgIpc) is 2.34. The Labute approximate surface area is 69.3 Å². The maximum absolute atomic E-state index is 4.57. The highest BCUT2D eigenvalue weighted by Crippen LogP contribution is 2.11. The van der Waals surface area contributed by atoms with Crippen molar-refractivity contribution in [1.82, 2.24) is 4.90 Å². The van der Waals surface area contributed by atoms with Gasteiger partial charge in [0.15, 0.2) is 0 Å². The van der Waals surface area contributed by atoms with Gasteiger partial charge in [0.25, 0.3) is 0 Å². The minimum atomic E-state index is 0.456. The van der Waals surface area contributed by atoms with Crippen molar-refractivity contribution in [3.8, 4) is 0 Å². The number of likely N-dealkylation sites (tertiary alicyclic amines) is 1. The van der Waals surface area contributed by atoms with Gasteiger partial charge in [-0.15, -0.1) is 0 Å². The summed E-state index contributed by atoms with van der Waals surface area (Å²) >= 11 is 0. The zero-order chi connectivity index (χ0) is 8.27. The second-order valence-corrected chi connectivity index (χ2v) is 3.32. The van der Waals surface area contributed by atoms with E-state index in [0.29, 0.717) is 6.04 Å². The van der Waals surface area contributed by atoms with E-state index in [0.717, 1.165) is 6.54 Å². The maximum Gasteiger partial charge on any atom is 0.0992 e. The lowest BCUT2D eigenvalue weighted by Crippen LogP contribution is -2.25. The van der Waals surface area contributed by atoms with Gasteiger partial charge < -0.3 is 4.90 Å². The summed E-state index contributed by atoms with van der Waals surface area (Å²) in [4.78, 5) is 6.95. The zero-order valence-corrected chi connectivity index (χ0v) is 7.80. The Morgan fingerprint density at radius 2 is 2.27 bits per heavy atom. The minimum Gasteiger partial charge on any atom is -0.361 e. The van der Waals surface area contributed by atoms with Crippen LogP contribution in [0.25, 0.3) is 0 Å². The summed E-state index contributed by atoms with van der Waals surface area (Å²) in [6, 6.07) is 0.456. The summed E-state index contributed by atoms with van der Waals surface area (Å²) in [5.74, 6) is 1.32. The number of amidine groups is 1. The smallest absolute Gasteiger partial charge is 0.0992 e. The van der Waals surface area contributed by atoms with Crippen LogP contribution in [-0.2, 0) is 0 Å². The summed E-state index contributed by atoms with van der Waals surface area (Å²) in [5.41, 5.74) is 0. The molecular weight excluding hydrogens is 136 g/mol. The minimum absolute atomic E-state index is 0.456. The first-order valence-electron chi connectivity index (χ1n) is 4.55. The van der Waals surface area contributed by atoms with Gasteiger partial charge in [0.1, 0.15) is 0 Å². The Hall–Kier alpha value is -0.530. The summed E-state index contributed by atoms with van der Waals surface area (Å²) in [7, 11) is 0.